The average Bonchev–Trinajstić information content (AvgIpc) is 3.08. The van der Waals surface area contributed by atoms with E-state index in [2.05, 4.69) is 4.74 Å². The molecule has 0 fully saturated rings. The highest BCUT2D eigenvalue weighted by Gasteiger charge is 2.33. The van der Waals surface area contributed by atoms with Gasteiger partial charge in [-0.05, 0) is 49.2 Å². The van der Waals surface area contributed by atoms with E-state index in [1.54, 1.807) is 29.3 Å². The Morgan fingerprint density at radius 3 is 2.39 bits per heavy atom. The van der Waals surface area contributed by atoms with Gasteiger partial charge in [0.1, 0.15) is 17.2 Å². The van der Waals surface area contributed by atoms with Crippen molar-refractivity contribution in [2.75, 3.05) is 6.54 Å². The number of alkyl halides is 3. The molecule has 0 spiro atoms. The van der Waals surface area contributed by atoms with Crippen LogP contribution >= 0.6 is 0 Å². The number of hydrogen-bond donors (Lipinski definition) is 1. The first-order chi connectivity index (χ1) is 14.6. The monoisotopic (exact) mass is 430 g/mol. The van der Waals surface area contributed by atoms with E-state index in [1.807, 2.05) is 18.4 Å². The predicted molar refractivity (Wildman–Crippen MR) is 110 cm³/mol. The highest BCUT2D eigenvalue weighted by atomic mass is 19.4. The summed E-state index contributed by atoms with van der Waals surface area (Å²) in [7, 11) is 0. The zero-order valence-corrected chi connectivity index (χ0v) is 17.0. The number of phenolic OH excluding ortho intramolecular Hbond substituents is 1. The molecule has 0 atom stereocenters. The molecular formula is C23H21F3N2O3. The first kappa shape index (κ1) is 20.8. The third-order valence-electron chi connectivity index (χ3n) is 5.28. The second kappa shape index (κ2) is 7.68. The SMILES string of the molecule is CC(C)N1CCn2cc(-c3cccc(OC(F)(F)F)c3)c(-c3ccc(O)cc3)c2C1=O. The molecular weight excluding hydrogens is 409 g/mol. The van der Waals surface area contributed by atoms with Gasteiger partial charge >= 0.3 is 6.36 Å². The van der Waals surface area contributed by atoms with Gasteiger partial charge in [0.2, 0.25) is 0 Å². The van der Waals surface area contributed by atoms with Crippen LogP contribution in [0.4, 0.5) is 13.2 Å². The van der Waals surface area contributed by atoms with E-state index in [1.165, 1.54) is 30.3 Å². The molecule has 4 rings (SSSR count). The minimum absolute atomic E-state index is 0.00998. The number of rotatable bonds is 4. The quantitative estimate of drug-likeness (QED) is 0.612. The summed E-state index contributed by atoms with van der Waals surface area (Å²) in [5.41, 5.74) is 2.88. The first-order valence-corrected chi connectivity index (χ1v) is 9.84. The lowest BCUT2D eigenvalue weighted by atomic mass is 9.95. The van der Waals surface area contributed by atoms with Crippen LogP contribution in [0.3, 0.4) is 0 Å². The Morgan fingerprint density at radius 2 is 1.74 bits per heavy atom. The van der Waals surface area contributed by atoms with Crippen molar-refractivity contribution < 1.29 is 27.8 Å². The number of carbonyl (C=O) groups excluding carboxylic acids is 1. The smallest absolute Gasteiger partial charge is 0.508 e. The van der Waals surface area contributed by atoms with Gasteiger partial charge in [-0.15, -0.1) is 13.2 Å². The summed E-state index contributed by atoms with van der Waals surface area (Å²) in [6.07, 6.45) is -3.01. The maximum Gasteiger partial charge on any atom is 0.573 e. The zero-order valence-electron chi connectivity index (χ0n) is 17.0. The summed E-state index contributed by atoms with van der Waals surface area (Å²) in [5, 5.41) is 9.69. The molecule has 1 amide bonds. The summed E-state index contributed by atoms with van der Waals surface area (Å²) in [5.74, 6) is -0.395. The summed E-state index contributed by atoms with van der Waals surface area (Å²) in [6.45, 7) is 5.00. The number of amides is 1. The van der Waals surface area contributed by atoms with Crippen molar-refractivity contribution in [3.8, 4) is 33.8 Å². The van der Waals surface area contributed by atoms with Crippen LogP contribution in [0.5, 0.6) is 11.5 Å². The summed E-state index contributed by atoms with van der Waals surface area (Å²) in [4.78, 5) is 15.1. The molecule has 1 aliphatic heterocycles. The normalized spacial score (nSPS) is 14.1. The van der Waals surface area contributed by atoms with Gasteiger partial charge in [0, 0.05) is 36.5 Å². The van der Waals surface area contributed by atoms with Crippen molar-refractivity contribution in [2.45, 2.75) is 32.8 Å². The molecule has 5 nitrogen and oxygen atoms in total. The number of aromatic nitrogens is 1. The van der Waals surface area contributed by atoms with E-state index in [-0.39, 0.29) is 23.4 Å². The maximum atomic E-state index is 13.3. The number of aromatic hydroxyl groups is 1. The molecule has 3 aromatic rings. The second-order valence-electron chi connectivity index (χ2n) is 7.67. The minimum Gasteiger partial charge on any atom is -0.508 e. The van der Waals surface area contributed by atoms with Crippen LogP contribution in [0.15, 0.2) is 54.7 Å². The molecule has 0 bridgehead atoms. The topological polar surface area (TPSA) is 54.7 Å². The van der Waals surface area contributed by atoms with Crippen LogP contribution in [0.25, 0.3) is 22.3 Å². The molecule has 1 N–H and O–H groups in total. The van der Waals surface area contributed by atoms with E-state index in [4.69, 9.17) is 0 Å². The molecule has 31 heavy (non-hydrogen) atoms. The standard InChI is InChI=1S/C23H21F3N2O3/c1-14(2)28-11-10-27-13-19(16-4-3-5-18(12-16)31-23(24,25)26)20(21(27)22(28)30)15-6-8-17(29)9-7-15/h3-9,12-14,29H,10-11H2,1-2H3. The van der Waals surface area contributed by atoms with Crippen LogP contribution in [-0.4, -0.2) is 39.4 Å². The summed E-state index contributed by atoms with van der Waals surface area (Å²) >= 11 is 0. The van der Waals surface area contributed by atoms with Gasteiger partial charge in [-0.3, -0.25) is 4.79 Å². The molecule has 1 aromatic heterocycles. The largest absolute Gasteiger partial charge is 0.573 e. The second-order valence-corrected chi connectivity index (χ2v) is 7.67. The van der Waals surface area contributed by atoms with Crippen molar-refractivity contribution in [3.05, 3.63) is 60.4 Å². The third-order valence-corrected chi connectivity index (χ3v) is 5.28. The Balaban J connectivity index is 1.90. The molecule has 2 heterocycles. The fourth-order valence-electron chi connectivity index (χ4n) is 3.91. The Morgan fingerprint density at radius 1 is 1.03 bits per heavy atom. The van der Waals surface area contributed by atoms with E-state index < -0.39 is 6.36 Å². The molecule has 0 aliphatic carbocycles. The predicted octanol–water partition coefficient (Wildman–Crippen LogP) is 5.29. The van der Waals surface area contributed by atoms with Gasteiger partial charge in [0.25, 0.3) is 5.91 Å². The highest BCUT2D eigenvalue weighted by Crippen LogP contribution is 2.40. The summed E-state index contributed by atoms with van der Waals surface area (Å²) < 4.78 is 44.1. The number of halogens is 3. The van der Waals surface area contributed by atoms with Crippen molar-refractivity contribution in [2.24, 2.45) is 0 Å². The van der Waals surface area contributed by atoms with Crippen LogP contribution < -0.4 is 4.74 Å². The summed E-state index contributed by atoms with van der Waals surface area (Å²) in [6, 6.07) is 12.1. The molecule has 0 saturated heterocycles. The Hall–Kier alpha value is -3.42. The van der Waals surface area contributed by atoms with Crippen molar-refractivity contribution in [1.82, 2.24) is 9.47 Å². The molecule has 8 heteroatoms. The fraction of sp³-hybridized carbons (Fsp3) is 0.261. The van der Waals surface area contributed by atoms with Gasteiger partial charge in [0.05, 0.1) is 0 Å². The van der Waals surface area contributed by atoms with E-state index in [0.29, 0.717) is 41.0 Å². The zero-order chi connectivity index (χ0) is 22.3. The third kappa shape index (κ3) is 4.10. The molecule has 0 radical (unpaired) electrons. The van der Waals surface area contributed by atoms with E-state index in [9.17, 15) is 23.1 Å². The molecule has 162 valence electrons. The fourth-order valence-corrected chi connectivity index (χ4v) is 3.91. The van der Waals surface area contributed by atoms with Crippen LogP contribution in [-0.2, 0) is 6.54 Å². The van der Waals surface area contributed by atoms with Gasteiger partial charge in [0.15, 0.2) is 0 Å². The van der Waals surface area contributed by atoms with Crippen molar-refractivity contribution in [1.29, 1.82) is 0 Å². The number of benzene rings is 2. The lowest BCUT2D eigenvalue weighted by Gasteiger charge is -2.32. The lowest BCUT2D eigenvalue weighted by molar-refractivity contribution is -0.274. The average molecular weight is 430 g/mol. The number of phenols is 1. The van der Waals surface area contributed by atoms with Crippen LogP contribution in [0.1, 0.15) is 24.3 Å². The first-order valence-electron chi connectivity index (χ1n) is 9.84. The van der Waals surface area contributed by atoms with Crippen molar-refractivity contribution >= 4 is 5.91 Å². The Bertz CT molecular complexity index is 1120. The number of carbonyl (C=O) groups is 1. The van der Waals surface area contributed by atoms with E-state index >= 15 is 0 Å². The number of ether oxygens (including phenoxy) is 1. The number of hydrogen-bond acceptors (Lipinski definition) is 3. The number of nitrogens with zero attached hydrogens (tertiary/aromatic N) is 2. The molecule has 0 saturated carbocycles. The Labute approximate surface area is 177 Å². The minimum atomic E-state index is -4.80. The maximum absolute atomic E-state index is 13.3. The lowest BCUT2D eigenvalue weighted by Crippen LogP contribution is -2.44. The Kier molecular flexibility index (Phi) is 5.16. The van der Waals surface area contributed by atoms with Crippen LogP contribution in [0.2, 0.25) is 0 Å². The molecule has 0 unspecified atom stereocenters. The van der Waals surface area contributed by atoms with Gasteiger partial charge in [-0.25, -0.2) is 0 Å². The van der Waals surface area contributed by atoms with Gasteiger partial charge in [-0.2, -0.15) is 0 Å². The van der Waals surface area contributed by atoms with Gasteiger partial charge < -0.3 is 19.3 Å². The molecule has 2 aromatic carbocycles. The molecule has 1 aliphatic rings. The highest BCUT2D eigenvalue weighted by molar-refractivity contribution is 6.04. The van der Waals surface area contributed by atoms with Crippen molar-refractivity contribution in [3.63, 3.8) is 0 Å². The number of fused-ring (bicyclic) bond motifs is 1. The van der Waals surface area contributed by atoms with Gasteiger partial charge in [-0.1, -0.05) is 24.3 Å². The van der Waals surface area contributed by atoms with E-state index in [0.717, 1.165) is 0 Å². The van der Waals surface area contributed by atoms with Crippen LogP contribution in [0, 0.1) is 0 Å².